The lowest BCUT2D eigenvalue weighted by molar-refractivity contribution is 0.0363. The number of hydrogen-bond donors (Lipinski definition) is 1. The number of piperidine rings is 1. The molecule has 4 nitrogen and oxygen atoms in total. The fourth-order valence-electron chi connectivity index (χ4n) is 6.71. The Morgan fingerprint density at radius 3 is 2.30 bits per heavy atom. The van der Waals surface area contributed by atoms with Crippen LogP contribution in [0.4, 0.5) is 11.5 Å². The molecule has 3 aliphatic heterocycles. The topological polar surface area (TPSA) is 31.4 Å². The minimum absolute atomic E-state index is 0.670. The number of benzene rings is 1. The molecule has 0 atom stereocenters. The molecular formula is C35H50N4S. The molecule has 4 aliphatic rings. The number of pyridine rings is 1. The molecule has 1 saturated carbocycles. The molecule has 1 N–H and O–H groups in total. The molecule has 0 amide bonds. The van der Waals surface area contributed by atoms with E-state index in [1.165, 1.54) is 111 Å². The van der Waals surface area contributed by atoms with Gasteiger partial charge in [-0.25, -0.2) is 4.98 Å². The van der Waals surface area contributed by atoms with Crippen molar-refractivity contribution in [1.82, 2.24) is 14.8 Å². The van der Waals surface area contributed by atoms with Crippen LogP contribution in [-0.4, -0.2) is 65.6 Å². The molecule has 40 heavy (non-hydrogen) atoms. The van der Waals surface area contributed by atoms with Crippen molar-refractivity contribution in [3.8, 4) is 0 Å². The van der Waals surface area contributed by atoms with Crippen molar-refractivity contribution >= 4 is 23.3 Å². The van der Waals surface area contributed by atoms with Crippen LogP contribution in [0.25, 0.3) is 0 Å². The predicted molar refractivity (Wildman–Crippen MR) is 174 cm³/mol. The van der Waals surface area contributed by atoms with Gasteiger partial charge in [0.15, 0.2) is 0 Å². The van der Waals surface area contributed by atoms with Crippen LogP contribution in [0.2, 0.25) is 0 Å². The first kappa shape index (κ1) is 29.4. The molecule has 0 spiro atoms. The summed E-state index contributed by atoms with van der Waals surface area (Å²) in [5.41, 5.74) is 8.66. The van der Waals surface area contributed by atoms with E-state index in [0.717, 1.165) is 17.8 Å². The van der Waals surface area contributed by atoms with Crippen LogP contribution in [0, 0.1) is 19.8 Å². The van der Waals surface area contributed by atoms with Crippen LogP contribution >= 0.6 is 11.8 Å². The first-order chi connectivity index (χ1) is 19.5. The Morgan fingerprint density at radius 2 is 1.68 bits per heavy atom. The van der Waals surface area contributed by atoms with E-state index >= 15 is 0 Å². The Labute approximate surface area is 247 Å². The highest BCUT2D eigenvalue weighted by atomic mass is 32.2. The second kappa shape index (κ2) is 13.7. The van der Waals surface area contributed by atoms with E-state index in [1.54, 1.807) is 17.7 Å². The number of hydrogen-bond acceptors (Lipinski definition) is 5. The molecule has 4 heterocycles. The van der Waals surface area contributed by atoms with Crippen LogP contribution in [-0.2, 0) is 6.42 Å². The van der Waals surface area contributed by atoms with Crippen LogP contribution in [0.3, 0.4) is 0 Å². The number of nitrogens with zero attached hydrogens (tertiary/aromatic N) is 3. The van der Waals surface area contributed by atoms with Gasteiger partial charge in [0.25, 0.3) is 0 Å². The van der Waals surface area contributed by atoms with Gasteiger partial charge in [0.1, 0.15) is 5.82 Å². The smallest absolute Gasteiger partial charge is 0.133 e. The van der Waals surface area contributed by atoms with Crippen LogP contribution in [0.1, 0.15) is 78.2 Å². The fraction of sp³-hybridized carbons (Fsp3) is 0.571. The predicted octanol–water partition coefficient (Wildman–Crippen LogP) is 7.86. The number of aromatic nitrogens is 1. The van der Waals surface area contributed by atoms with E-state index in [9.17, 15) is 0 Å². The molecule has 1 aliphatic carbocycles. The molecule has 216 valence electrons. The average Bonchev–Trinajstić information content (AvgIpc) is 3.79. The van der Waals surface area contributed by atoms with Gasteiger partial charge in [0, 0.05) is 31.0 Å². The van der Waals surface area contributed by atoms with Crippen molar-refractivity contribution in [1.29, 1.82) is 0 Å². The Bertz CT molecular complexity index is 1150. The van der Waals surface area contributed by atoms with E-state index in [2.05, 4.69) is 85.3 Å². The fourth-order valence-corrected chi connectivity index (χ4v) is 7.81. The number of anilines is 2. The standard InChI is InChI=1S/C31H44N4S.C4H6/c1-21-16-26(24-7-12-35(13-8-24)27-19-34(3)20-27)18-30(22(21)2)33-31-29(17-23-4-5-23)28(6-11-32-31)25-9-14-36-15-10-25;1-3-4-2/h6,11,16,18,23-25,27H,4-5,7-10,12-15,17,19-20H2,1-3H3,(H,32,33);3-4H,1-2H2. The average molecular weight is 559 g/mol. The van der Waals surface area contributed by atoms with Gasteiger partial charge in [-0.3, -0.25) is 4.90 Å². The van der Waals surface area contributed by atoms with Gasteiger partial charge in [-0.05, 0) is 148 Å². The maximum absolute atomic E-state index is 4.95. The molecular weight excluding hydrogens is 508 g/mol. The van der Waals surface area contributed by atoms with Crippen molar-refractivity contribution in [2.45, 2.75) is 76.7 Å². The van der Waals surface area contributed by atoms with Crippen molar-refractivity contribution in [2.24, 2.45) is 5.92 Å². The largest absolute Gasteiger partial charge is 0.340 e. The second-order valence-corrected chi connectivity index (χ2v) is 13.8. The maximum Gasteiger partial charge on any atom is 0.133 e. The second-order valence-electron chi connectivity index (χ2n) is 12.6. The summed E-state index contributed by atoms with van der Waals surface area (Å²) in [6.07, 6.45) is 14.5. The van der Waals surface area contributed by atoms with E-state index in [-0.39, 0.29) is 0 Å². The van der Waals surface area contributed by atoms with Gasteiger partial charge in [-0.15, -0.1) is 0 Å². The van der Waals surface area contributed by atoms with Crippen molar-refractivity contribution in [3.05, 3.63) is 77.5 Å². The zero-order chi connectivity index (χ0) is 28.1. The number of aryl methyl sites for hydroxylation is 1. The highest BCUT2D eigenvalue weighted by Gasteiger charge is 2.32. The molecule has 0 unspecified atom stereocenters. The highest BCUT2D eigenvalue weighted by molar-refractivity contribution is 7.99. The maximum atomic E-state index is 4.95. The van der Waals surface area contributed by atoms with Crippen LogP contribution in [0.15, 0.2) is 49.7 Å². The number of allylic oxidation sites excluding steroid dienone is 2. The molecule has 0 radical (unpaired) electrons. The summed E-state index contributed by atoms with van der Waals surface area (Å²) in [6.45, 7) is 16.3. The first-order valence-electron chi connectivity index (χ1n) is 15.6. The Hall–Kier alpha value is -2.08. The molecule has 1 aromatic carbocycles. The number of thioether (sulfide) groups is 1. The lowest BCUT2D eigenvalue weighted by Gasteiger charge is -2.46. The third-order valence-electron chi connectivity index (χ3n) is 9.61. The number of rotatable bonds is 8. The zero-order valence-electron chi connectivity index (χ0n) is 25.1. The summed E-state index contributed by atoms with van der Waals surface area (Å²) in [5.74, 6) is 5.97. The number of nitrogens with one attached hydrogen (secondary N) is 1. The molecule has 6 rings (SSSR count). The number of likely N-dealkylation sites (N-methyl/N-ethyl adjacent to an activating group) is 1. The quantitative estimate of drug-likeness (QED) is 0.333. The summed E-state index contributed by atoms with van der Waals surface area (Å²) in [5, 5.41) is 3.89. The molecule has 1 aromatic heterocycles. The van der Waals surface area contributed by atoms with Crippen LogP contribution < -0.4 is 5.32 Å². The lowest BCUT2D eigenvalue weighted by Crippen LogP contribution is -2.59. The van der Waals surface area contributed by atoms with Gasteiger partial charge in [-0.1, -0.05) is 31.4 Å². The Morgan fingerprint density at radius 1 is 0.975 bits per heavy atom. The van der Waals surface area contributed by atoms with E-state index < -0.39 is 0 Å². The zero-order valence-corrected chi connectivity index (χ0v) is 25.9. The van der Waals surface area contributed by atoms with Gasteiger partial charge in [0.2, 0.25) is 0 Å². The Balaban J connectivity index is 0.000000758. The van der Waals surface area contributed by atoms with Gasteiger partial charge < -0.3 is 10.2 Å². The minimum atomic E-state index is 0.670. The van der Waals surface area contributed by atoms with Crippen LogP contribution in [0.5, 0.6) is 0 Å². The molecule has 0 bridgehead atoms. The summed E-state index contributed by atoms with van der Waals surface area (Å²) in [4.78, 5) is 10.1. The summed E-state index contributed by atoms with van der Waals surface area (Å²) in [6, 6.07) is 8.06. The molecule has 5 heteroatoms. The van der Waals surface area contributed by atoms with Crippen molar-refractivity contribution < 1.29 is 0 Å². The first-order valence-corrected chi connectivity index (χ1v) is 16.7. The third kappa shape index (κ3) is 7.21. The van der Waals surface area contributed by atoms with Crippen molar-refractivity contribution in [3.63, 3.8) is 0 Å². The minimum Gasteiger partial charge on any atom is -0.340 e. The molecule has 4 fully saturated rings. The van der Waals surface area contributed by atoms with E-state index in [1.807, 2.05) is 0 Å². The summed E-state index contributed by atoms with van der Waals surface area (Å²) >= 11 is 2.12. The van der Waals surface area contributed by atoms with Gasteiger partial charge >= 0.3 is 0 Å². The van der Waals surface area contributed by atoms with Gasteiger partial charge in [0.05, 0.1) is 0 Å². The highest BCUT2D eigenvalue weighted by Crippen LogP contribution is 2.41. The Kier molecular flexibility index (Phi) is 10.1. The monoisotopic (exact) mass is 558 g/mol. The van der Waals surface area contributed by atoms with E-state index in [0.29, 0.717) is 11.8 Å². The molecule has 3 saturated heterocycles. The third-order valence-corrected chi connectivity index (χ3v) is 10.7. The number of likely N-dealkylation sites (tertiary alicyclic amines) is 2. The SMILES string of the molecule is C=CC=C.Cc1cc(C2CCN(C3CN(C)C3)CC2)cc(Nc2nccc(C3CCSCC3)c2CC2CC2)c1C. The lowest BCUT2D eigenvalue weighted by atomic mass is 9.86. The normalized spacial score (nSPS) is 21.3. The van der Waals surface area contributed by atoms with Gasteiger partial charge in [-0.2, -0.15) is 11.8 Å². The summed E-state index contributed by atoms with van der Waals surface area (Å²) in [7, 11) is 2.24. The van der Waals surface area contributed by atoms with Crippen molar-refractivity contribution in [2.75, 3.05) is 50.0 Å². The summed E-state index contributed by atoms with van der Waals surface area (Å²) < 4.78 is 0. The molecule has 2 aromatic rings. The van der Waals surface area contributed by atoms with E-state index in [4.69, 9.17) is 4.98 Å².